The zero-order valence-electron chi connectivity index (χ0n) is 23.6. The third kappa shape index (κ3) is 6.14. The van der Waals surface area contributed by atoms with Crippen LogP contribution in [0, 0.1) is 0 Å². The number of aromatic nitrogens is 3. The quantitative estimate of drug-likeness (QED) is 0.279. The lowest BCUT2D eigenvalue weighted by molar-refractivity contribution is -0.142. The van der Waals surface area contributed by atoms with E-state index in [1.54, 1.807) is 36.4 Å². The van der Waals surface area contributed by atoms with Gasteiger partial charge in [-0.1, -0.05) is 35.5 Å². The summed E-state index contributed by atoms with van der Waals surface area (Å²) in [5.74, 6) is -0.0623. The molecule has 3 heterocycles. The SMILES string of the molecule is COC(=O)c1ccc(C(C(=O)NCC2CCCO2)N(Cc2ccc3c(c2)OCO3)C(=O)Cn2nnc3ccccc32)cc1. The molecule has 12 nitrogen and oxygen atoms in total. The van der Waals surface area contributed by atoms with Gasteiger partial charge < -0.3 is 29.2 Å². The molecule has 3 aromatic carbocycles. The van der Waals surface area contributed by atoms with Gasteiger partial charge in [0, 0.05) is 19.7 Å². The van der Waals surface area contributed by atoms with Crippen LogP contribution in [0.3, 0.4) is 0 Å². The van der Waals surface area contributed by atoms with Crippen molar-refractivity contribution in [2.24, 2.45) is 0 Å². The van der Waals surface area contributed by atoms with Gasteiger partial charge >= 0.3 is 5.97 Å². The molecular formula is C31H31N5O7. The molecule has 12 heteroatoms. The monoisotopic (exact) mass is 585 g/mol. The molecule has 4 aromatic rings. The first kappa shape index (κ1) is 28.2. The van der Waals surface area contributed by atoms with Crippen LogP contribution < -0.4 is 14.8 Å². The van der Waals surface area contributed by atoms with Crippen LogP contribution in [0.15, 0.2) is 66.7 Å². The van der Waals surface area contributed by atoms with Crippen LogP contribution in [-0.4, -0.2) is 70.8 Å². The van der Waals surface area contributed by atoms with E-state index in [0.29, 0.717) is 46.8 Å². The summed E-state index contributed by atoms with van der Waals surface area (Å²) in [5, 5.41) is 11.4. The molecule has 2 atom stereocenters. The molecule has 0 bridgehead atoms. The summed E-state index contributed by atoms with van der Waals surface area (Å²) in [5.41, 5.74) is 2.94. The van der Waals surface area contributed by atoms with Crippen molar-refractivity contribution in [2.75, 3.05) is 27.1 Å². The topological polar surface area (TPSA) is 134 Å². The Morgan fingerprint density at radius 3 is 2.67 bits per heavy atom. The van der Waals surface area contributed by atoms with Crippen LogP contribution in [0.5, 0.6) is 11.5 Å². The lowest BCUT2D eigenvalue weighted by Crippen LogP contribution is -2.46. The first-order chi connectivity index (χ1) is 21.0. The summed E-state index contributed by atoms with van der Waals surface area (Å²) in [4.78, 5) is 41.8. The van der Waals surface area contributed by atoms with Crippen molar-refractivity contribution in [1.82, 2.24) is 25.2 Å². The molecule has 6 rings (SSSR count). The van der Waals surface area contributed by atoms with Gasteiger partial charge in [0.2, 0.25) is 18.6 Å². The number of methoxy groups -OCH3 is 1. The third-order valence-electron chi connectivity index (χ3n) is 7.55. The molecule has 1 N–H and O–H groups in total. The number of carbonyl (C=O) groups is 3. The van der Waals surface area contributed by atoms with Crippen molar-refractivity contribution in [3.63, 3.8) is 0 Å². The minimum absolute atomic E-state index is 0.0822. The third-order valence-corrected chi connectivity index (χ3v) is 7.55. The minimum atomic E-state index is -1.04. The number of hydrogen-bond donors (Lipinski definition) is 1. The van der Waals surface area contributed by atoms with E-state index in [2.05, 4.69) is 15.6 Å². The Hall–Kier alpha value is -4.97. The molecule has 0 radical (unpaired) electrons. The highest BCUT2D eigenvalue weighted by atomic mass is 16.7. The minimum Gasteiger partial charge on any atom is -0.465 e. The molecule has 0 spiro atoms. The maximum absolute atomic E-state index is 14.2. The van der Waals surface area contributed by atoms with Crippen molar-refractivity contribution in [1.29, 1.82) is 0 Å². The predicted molar refractivity (Wildman–Crippen MR) is 153 cm³/mol. The maximum atomic E-state index is 14.2. The van der Waals surface area contributed by atoms with Crippen LogP contribution >= 0.6 is 0 Å². The van der Waals surface area contributed by atoms with Gasteiger partial charge in [0.1, 0.15) is 18.1 Å². The number of hydrogen-bond acceptors (Lipinski definition) is 9. The number of fused-ring (bicyclic) bond motifs is 2. The van der Waals surface area contributed by atoms with Gasteiger partial charge in [-0.3, -0.25) is 9.59 Å². The Morgan fingerprint density at radius 2 is 1.88 bits per heavy atom. The summed E-state index contributed by atoms with van der Waals surface area (Å²) in [6, 6.07) is 18.2. The van der Waals surface area contributed by atoms with Crippen molar-refractivity contribution < 1.29 is 33.3 Å². The Morgan fingerprint density at radius 1 is 1.07 bits per heavy atom. The number of amides is 2. The van der Waals surface area contributed by atoms with Crippen molar-refractivity contribution in [3.8, 4) is 11.5 Å². The highest BCUT2D eigenvalue weighted by Gasteiger charge is 2.33. The van der Waals surface area contributed by atoms with Crippen molar-refractivity contribution >= 4 is 28.8 Å². The molecule has 0 saturated carbocycles. The summed E-state index contributed by atoms with van der Waals surface area (Å²) in [7, 11) is 1.30. The van der Waals surface area contributed by atoms with E-state index in [0.717, 1.165) is 18.4 Å². The van der Waals surface area contributed by atoms with Crippen LogP contribution in [0.25, 0.3) is 11.0 Å². The summed E-state index contributed by atoms with van der Waals surface area (Å²) >= 11 is 0. The number of ether oxygens (including phenoxy) is 4. The largest absolute Gasteiger partial charge is 0.465 e. The van der Waals surface area contributed by atoms with E-state index in [1.165, 1.54) is 16.7 Å². The predicted octanol–water partition coefficient (Wildman–Crippen LogP) is 3.01. The zero-order chi connectivity index (χ0) is 29.8. The van der Waals surface area contributed by atoms with E-state index >= 15 is 0 Å². The van der Waals surface area contributed by atoms with Gasteiger partial charge in [0.25, 0.3) is 0 Å². The molecule has 0 aliphatic carbocycles. The molecule has 1 saturated heterocycles. The molecule has 2 aliphatic rings. The lowest BCUT2D eigenvalue weighted by Gasteiger charge is -2.32. The van der Waals surface area contributed by atoms with Gasteiger partial charge in [-0.15, -0.1) is 5.10 Å². The average Bonchev–Trinajstić information content (AvgIpc) is 3.81. The normalized spacial score (nSPS) is 16.2. The van der Waals surface area contributed by atoms with E-state index in [4.69, 9.17) is 18.9 Å². The number of para-hydroxylation sites is 1. The number of nitrogens with zero attached hydrogens (tertiary/aromatic N) is 4. The molecule has 2 aliphatic heterocycles. The number of carbonyl (C=O) groups excluding carboxylic acids is 3. The number of rotatable bonds is 10. The van der Waals surface area contributed by atoms with E-state index in [9.17, 15) is 14.4 Å². The summed E-state index contributed by atoms with van der Waals surface area (Å²) in [6.07, 6.45) is 1.68. The first-order valence-electron chi connectivity index (χ1n) is 14.0. The second-order valence-electron chi connectivity index (χ2n) is 10.3. The molecule has 43 heavy (non-hydrogen) atoms. The molecular weight excluding hydrogens is 554 g/mol. The highest BCUT2D eigenvalue weighted by Crippen LogP contribution is 2.34. The van der Waals surface area contributed by atoms with Gasteiger partial charge in [-0.2, -0.15) is 0 Å². The van der Waals surface area contributed by atoms with Crippen molar-refractivity contribution in [2.45, 2.75) is 38.1 Å². The first-order valence-corrected chi connectivity index (χ1v) is 14.0. The highest BCUT2D eigenvalue weighted by molar-refractivity contribution is 5.91. The lowest BCUT2D eigenvalue weighted by atomic mass is 10.0. The van der Waals surface area contributed by atoms with Crippen LogP contribution in [0.2, 0.25) is 0 Å². The second-order valence-corrected chi connectivity index (χ2v) is 10.3. The molecule has 222 valence electrons. The fraction of sp³-hybridized carbons (Fsp3) is 0.323. The average molecular weight is 586 g/mol. The Balaban J connectivity index is 1.37. The molecule has 2 amide bonds. The van der Waals surface area contributed by atoms with E-state index < -0.39 is 12.0 Å². The van der Waals surface area contributed by atoms with Crippen LogP contribution in [-0.2, 0) is 32.2 Å². The van der Waals surface area contributed by atoms with E-state index in [-0.39, 0.29) is 37.8 Å². The van der Waals surface area contributed by atoms with E-state index in [1.807, 2.05) is 30.3 Å². The fourth-order valence-electron chi connectivity index (χ4n) is 5.32. The Kier molecular flexibility index (Phi) is 8.18. The summed E-state index contributed by atoms with van der Waals surface area (Å²) in [6.45, 7) is 1.01. The van der Waals surface area contributed by atoms with Gasteiger partial charge in [-0.25, -0.2) is 9.48 Å². The second kappa shape index (κ2) is 12.5. The number of benzene rings is 3. The fourth-order valence-corrected chi connectivity index (χ4v) is 5.32. The Bertz CT molecular complexity index is 1630. The molecule has 2 unspecified atom stereocenters. The van der Waals surface area contributed by atoms with Crippen molar-refractivity contribution in [3.05, 3.63) is 83.4 Å². The van der Waals surface area contributed by atoms with Gasteiger partial charge in [0.05, 0.1) is 24.3 Å². The summed E-state index contributed by atoms with van der Waals surface area (Å²) < 4.78 is 23.1. The standard InChI is InChI=1S/C31H31N5O7/c1-40-31(39)22-11-9-21(10-12-22)29(30(38)32-16-23-5-4-14-41-23)35(17-20-8-13-26-27(15-20)43-19-42-26)28(37)18-36-25-7-3-2-6-24(25)33-34-36/h2-3,6-13,15,23,29H,4-5,14,16-19H2,1H3,(H,32,38). The maximum Gasteiger partial charge on any atom is 0.337 e. The zero-order valence-corrected chi connectivity index (χ0v) is 23.6. The van der Waals surface area contributed by atoms with Crippen LogP contribution in [0.1, 0.15) is 40.4 Å². The van der Waals surface area contributed by atoms with Gasteiger partial charge in [0.15, 0.2) is 11.5 Å². The van der Waals surface area contributed by atoms with Gasteiger partial charge in [-0.05, 0) is 60.4 Å². The smallest absolute Gasteiger partial charge is 0.337 e. The number of nitrogens with one attached hydrogen (secondary N) is 1. The number of esters is 1. The Labute approximate surface area is 247 Å². The van der Waals surface area contributed by atoms with Crippen LogP contribution in [0.4, 0.5) is 0 Å². The molecule has 1 aromatic heterocycles. The molecule has 1 fully saturated rings.